The first-order chi connectivity index (χ1) is 7.70. The van der Waals surface area contributed by atoms with Crippen molar-refractivity contribution in [3.05, 3.63) is 0 Å². The van der Waals surface area contributed by atoms with Crippen LogP contribution in [0.2, 0.25) is 0 Å². The maximum atomic E-state index is 11.1. The standard InChI is InChI=1S/C11H22N2O3/c1-3-5-6-8-16-10(14)9-13-11(15)12-7-4-2/h3-9H2,1-2H3,(H2,12,13,15). The number of hydrogen-bond acceptors (Lipinski definition) is 3. The smallest absolute Gasteiger partial charge is 0.325 e. The summed E-state index contributed by atoms with van der Waals surface area (Å²) in [4.78, 5) is 22.2. The van der Waals surface area contributed by atoms with Gasteiger partial charge in [0.05, 0.1) is 6.61 Å². The fourth-order valence-electron chi connectivity index (χ4n) is 1.04. The SMILES string of the molecule is CCCCCOC(=O)CNC(=O)NCCC. The molecule has 94 valence electrons. The average Bonchev–Trinajstić information content (AvgIpc) is 2.29. The molecule has 0 atom stereocenters. The van der Waals surface area contributed by atoms with Crippen molar-refractivity contribution < 1.29 is 14.3 Å². The Morgan fingerprint density at radius 2 is 1.81 bits per heavy atom. The lowest BCUT2D eigenvalue weighted by molar-refractivity contribution is -0.142. The van der Waals surface area contributed by atoms with Crippen LogP contribution in [-0.2, 0) is 9.53 Å². The van der Waals surface area contributed by atoms with Crippen molar-refractivity contribution in [3.63, 3.8) is 0 Å². The number of urea groups is 1. The lowest BCUT2D eigenvalue weighted by atomic mass is 10.3. The molecule has 0 saturated heterocycles. The first kappa shape index (κ1) is 14.7. The highest BCUT2D eigenvalue weighted by atomic mass is 16.5. The molecule has 0 aromatic heterocycles. The van der Waals surface area contributed by atoms with E-state index in [-0.39, 0.29) is 18.5 Å². The Balaban J connectivity index is 3.38. The molecule has 2 amide bonds. The highest BCUT2D eigenvalue weighted by Crippen LogP contribution is 1.93. The molecule has 5 heteroatoms. The van der Waals surface area contributed by atoms with E-state index >= 15 is 0 Å². The van der Waals surface area contributed by atoms with Crippen molar-refractivity contribution in [3.8, 4) is 0 Å². The van der Waals surface area contributed by atoms with E-state index in [0.717, 1.165) is 25.7 Å². The van der Waals surface area contributed by atoms with Crippen molar-refractivity contribution in [2.24, 2.45) is 0 Å². The van der Waals surface area contributed by atoms with E-state index in [2.05, 4.69) is 17.6 Å². The fourth-order valence-corrected chi connectivity index (χ4v) is 1.04. The molecule has 0 aliphatic carbocycles. The Kier molecular flexibility index (Phi) is 9.46. The predicted octanol–water partition coefficient (Wildman–Crippen LogP) is 1.43. The van der Waals surface area contributed by atoms with Gasteiger partial charge in [-0.25, -0.2) is 4.79 Å². The Hall–Kier alpha value is -1.26. The van der Waals surface area contributed by atoms with Gasteiger partial charge < -0.3 is 15.4 Å². The van der Waals surface area contributed by atoms with E-state index in [9.17, 15) is 9.59 Å². The normalized spacial score (nSPS) is 9.62. The van der Waals surface area contributed by atoms with Crippen LogP contribution in [0.1, 0.15) is 39.5 Å². The number of hydrogen-bond donors (Lipinski definition) is 2. The molecule has 2 N–H and O–H groups in total. The molecular formula is C11H22N2O3. The number of unbranched alkanes of at least 4 members (excludes halogenated alkanes) is 2. The Morgan fingerprint density at radius 1 is 1.06 bits per heavy atom. The second kappa shape index (κ2) is 10.3. The van der Waals surface area contributed by atoms with Crippen molar-refractivity contribution in [2.45, 2.75) is 39.5 Å². The number of carbonyl (C=O) groups is 2. The molecule has 0 fully saturated rings. The van der Waals surface area contributed by atoms with Gasteiger partial charge in [0.15, 0.2) is 0 Å². The summed E-state index contributed by atoms with van der Waals surface area (Å²) in [5.74, 6) is -0.386. The summed E-state index contributed by atoms with van der Waals surface area (Å²) in [6.45, 7) is 5.02. The Morgan fingerprint density at radius 3 is 2.44 bits per heavy atom. The second-order valence-electron chi connectivity index (χ2n) is 3.54. The Bertz CT molecular complexity index is 207. The van der Waals surface area contributed by atoms with Crippen LogP contribution in [0.25, 0.3) is 0 Å². The van der Waals surface area contributed by atoms with Gasteiger partial charge in [0.1, 0.15) is 6.54 Å². The molecule has 0 bridgehead atoms. The van der Waals surface area contributed by atoms with Gasteiger partial charge in [-0.2, -0.15) is 0 Å². The molecule has 0 unspecified atom stereocenters. The van der Waals surface area contributed by atoms with E-state index in [1.54, 1.807) is 0 Å². The van der Waals surface area contributed by atoms with Crippen LogP contribution >= 0.6 is 0 Å². The molecule has 16 heavy (non-hydrogen) atoms. The third-order valence-corrected chi connectivity index (χ3v) is 1.94. The largest absolute Gasteiger partial charge is 0.464 e. The number of ether oxygens (including phenoxy) is 1. The predicted molar refractivity (Wildman–Crippen MR) is 62.2 cm³/mol. The number of amides is 2. The molecule has 0 aliphatic rings. The van der Waals surface area contributed by atoms with Crippen LogP contribution in [0.15, 0.2) is 0 Å². The number of esters is 1. The highest BCUT2D eigenvalue weighted by Gasteiger charge is 2.04. The molecule has 0 rings (SSSR count). The van der Waals surface area contributed by atoms with Crippen LogP contribution in [0.3, 0.4) is 0 Å². The minimum atomic E-state index is -0.386. The second-order valence-corrected chi connectivity index (χ2v) is 3.54. The van der Waals surface area contributed by atoms with Gasteiger partial charge in [0.2, 0.25) is 0 Å². The van der Waals surface area contributed by atoms with Gasteiger partial charge in [-0.3, -0.25) is 4.79 Å². The quantitative estimate of drug-likeness (QED) is 0.489. The summed E-state index contributed by atoms with van der Waals surface area (Å²) < 4.78 is 4.92. The molecule has 0 aromatic carbocycles. The van der Waals surface area contributed by atoms with E-state index < -0.39 is 0 Å². The van der Waals surface area contributed by atoms with Crippen LogP contribution in [0.5, 0.6) is 0 Å². The van der Waals surface area contributed by atoms with Gasteiger partial charge in [0, 0.05) is 6.54 Å². The van der Waals surface area contributed by atoms with Gasteiger partial charge in [-0.05, 0) is 12.8 Å². The first-order valence-electron chi connectivity index (χ1n) is 5.88. The van der Waals surface area contributed by atoms with Crippen LogP contribution < -0.4 is 10.6 Å². The maximum absolute atomic E-state index is 11.1. The average molecular weight is 230 g/mol. The van der Waals surface area contributed by atoms with Gasteiger partial charge >= 0.3 is 12.0 Å². The molecule has 0 radical (unpaired) electrons. The number of carbonyl (C=O) groups excluding carboxylic acids is 2. The monoisotopic (exact) mass is 230 g/mol. The summed E-state index contributed by atoms with van der Waals surface area (Å²) in [5.41, 5.74) is 0. The van der Waals surface area contributed by atoms with E-state index in [1.807, 2.05) is 6.92 Å². The summed E-state index contributed by atoms with van der Waals surface area (Å²) >= 11 is 0. The van der Waals surface area contributed by atoms with Gasteiger partial charge in [-0.15, -0.1) is 0 Å². The van der Waals surface area contributed by atoms with E-state index in [0.29, 0.717) is 13.2 Å². The molecule has 0 spiro atoms. The number of nitrogens with one attached hydrogen (secondary N) is 2. The molecule has 0 aliphatic heterocycles. The Labute approximate surface area is 96.9 Å². The lowest BCUT2D eigenvalue weighted by Gasteiger charge is -2.06. The minimum absolute atomic E-state index is 0.0678. The highest BCUT2D eigenvalue weighted by molar-refractivity contribution is 5.80. The summed E-state index contributed by atoms with van der Waals surface area (Å²) in [7, 11) is 0. The molecule has 0 heterocycles. The molecule has 5 nitrogen and oxygen atoms in total. The zero-order valence-electron chi connectivity index (χ0n) is 10.2. The summed E-state index contributed by atoms with van der Waals surface area (Å²) in [5, 5.41) is 5.04. The van der Waals surface area contributed by atoms with Gasteiger partial charge in [0.25, 0.3) is 0 Å². The molecule has 0 saturated carbocycles. The zero-order chi connectivity index (χ0) is 12.2. The first-order valence-corrected chi connectivity index (χ1v) is 5.88. The molecular weight excluding hydrogens is 208 g/mol. The van der Waals surface area contributed by atoms with Crippen LogP contribution in [-0.4, -0.2) is 31.7 Å². The fraction of sp³-hybridized carbons (Fsp3) is 0.818. The van der Waals surface area contributed by atoms with Crippen LogP contribution in [0.4, 0.5) is 4.79 Å². The van der Waals surface area contributed by atoms with Crippen molar-refractivity contribution in [2.75, 3.05) is 19.7 Å². The summed E-state index contributed by atoms with van der Waals surface area (Å²) in [6.07, 6.45) is 3.89. The topological polar surface area (TPSA) is 67.4 Å². The minimum Gasteiger partial charge on any atom is -0.464 e. The van der Waals surface area contributed by atoms with Crippen molar-refractivity contribution in [1.82, 2.24) is 10.6 Å². The van der Waals surface area contributed by atoms with Gasteiger partial charge in [-0.1, -0.05) is 26.7 Å². The third kappa shape index (κ3) is 9.30. The maximum Gasteiger partial charge on any atom is 0.325 e. The summed E-state index contributed by atoms with van der Waals surface area (Å²) in [6, 6.07) is -0.327. The lowest BCUT2D eigenvalue weighted by Crippen LogP contribution is -2.39. The number of rotatable bonds is 8. The van der Waals surface area contributed by atoms with Crippen molar-refractivity contribution >= 4 is 12.0 Å². The molecule has 0 aromatic rings. The van der Waals surface area contributed by atoms with E-state index in [4.69, 9.17) is 4.74 Å². The van der Waals surface area contributed by atoms with Crippen LogP contribution in [0, 0.1) is 0 Å². The van der Waals surface area contributed by atoms with E-state index in [1.165, 1.54) is 0 Å². The zero-order valence-corrected chi connectivity index (χ0v) is 10.2. The van der Waals surface area contributed by atoms with Crippen molar-refractivity contribution in [1.29, 1.82) is 0 Å². The third-order valence-electron chi connectivity index (χ3n) is 1.94.